The van der Waals surface area contributed by atoms with Crippen molar-refractivity contribution in [1.82, 2.24) is 0 Å². The van der Waals surface area contributed by atoms with Gasteiger partial charge in [0.2, 0.25) is 0 Å². The maximum Gasteiger partial charge on any atom is 0.310 e. The van der Waals surface area contributed by atoms with Crippen molar-refractivity contribution in [2.24, 2.45) is 5.73 Å². The Morgan fingerprint density at radius 1 is 1.00 bits per heavy atom. The standard InChI is InChI=1S/C26H24FNO4.C2H6/c1-2-30-25(29)13-18-6-3-4-9-23(18)31-15-20-16-32-24-12-17(10-11-21(20)24)22-8-5-7-19(14-28)26(22)27;1-2/h3-12,16H,2,13-15,28H2,1H3;1-2H3. The Hall–Kier alpha value is -3.64. The highest BCUT2D eigenvalue weighted by Gasteiger charge is 2.14. The van der Waals surface area contributed by atoms with Crippen molar-refractivity contribution in [3.63, 3.8) is 0 Å². The first kappa shape index (κ1) is 25.0. The molecule has 0 aliphatic heterocycles. The first-order chi connectivity index (χ1) is 16.6. The van der Waals surface area contributed by atoms with Crippen LogP contribution in [-0.4, -0.2) is 12.6 Å². The lowest BCUT2D eigenvalue weighted by atomic mass is 10.0. The molecule has 178 valence electrons. The molecular weight excluding hydrogens is 433 g/mol. The molecule has 2 N–H and O–H groups in total. The van der Waals surface area contributed by atoms with E-state index in [0.29, 0.717) is 34.6 Å². The summed E-state index contributed by atoms with van der Waals surface area (Å²) in [6.07, 6.45) is 1.78. The van der Waals surface area contributed by atoms with Crippen molar-refractivity contribution < 1.29 is 23.1 Å². The van der Waals surface area contributed by atoms with Gasteiger partial charge in [0.1, 0.15) is 23.8 Å². The Bertz CT molecular complexity index is 1250. The topological polar surface area (TPSA) is 74.7 Å². The van der Waals surface area contributed by atoms with E-state index in [0.717, 1.165) is 16.5 Å². The minimum atomic E-state index is -0.317. The molecule has 0 aliphatic carbocycles. The minimum Gasteiger partial charge on any atom is -0.488 e. The summed E-state index contributed by atoms with van der Waals surface area (Å²) in [6.45, 7) is 6.52. The fourth-order valence-electron chi connectivity index (χ4n) is 3.64. The zero-order valence-corrected chi connectivity index (χ0v) is 19.8. The number of furan rings is 1. The number of nitrogens with two attached hydrogens (primary N) is 1. The molecule has 0 fully saturated rings. The summed E-state index contributed by atoms with van der Waals surface area (Å²) in [5, 5.41) is 0.881. The molecule has 1 heterocycles. The van der Waals surface area contributed by atoms with Gasteiger partial charge in [0, 0.05) is 34.2 Å². The number of benzene rings is 3. The summed E-state index contributed by atoms with van der Waals surface area (Å²) in [7, 11) is 0. The Morgan fingerprint density at radius 2 is 1.76 bits per heavy atom. The number of rotatable bonds is 8. The molecule has 3 aromatic carbocycles. The van der Waals surface area contributed by atoms with Crippen molar-refractivity contribution in [1.29, 1.82) is 0 Å². The number of halogens is 1. The molecule has 34 heavy (non-hydrogen) atoms. The van der Waals surface area contributed by atoms with E-state index < -0.39 is 0 Å². The smallest absolute Gasteiger partial charge is 0.310 e. The molecule has 0 bridgehead atoms. The van der Waals surface area contributed by atoms with Crippen LogP contribution in [0, 0.1) is 5.82 Å². The summed E-state index contributed by atoms with van der Waals surface area (Å²) in [5.41, 5.74) is 9.55. The van der Waals surface area contributed by atoms with Gasteiger partial charge in [0.15, 0.2) is 0 Å². The molecule has 1 aromatic heterocycles. The molecule has 4 rings (SSSR count). The number of carbonyl (C=O) groups excluding carboxylic acids is 1. The van der Waals surface area contributed by atoms with E-state index in [1.807, 2.05) is 56.3 Å². The highest BCUT2D eigenvalue weighted by atomic mass is 19.1. The number of fused-ring (bicyclic) bond motifs is 1. The summed E-state index contributed by atoms with van der Waals surface area (Å²) in [6, 6.07) is 18.1. The van der Waals surface area contributed by atoms with Crippen molar-refractivity contribution in [2.75, 3.05) is 6.61 Å². The van der Waals surface area contributed by atoms with E-state index in [1.54, 1.807) is 31.4 Å². The maximum absolute atomic E-state index is 14.7. The zero-order valence-electron chi connectivity index (χ0n) is 19.8. The van der Waals surface area contributed by atoms with Crippen LogP contribution < -0.4 is 10.5 Å². The molecule has 0 radical (unpaired) electrons. The van der Waals surface area contributed by atoms with Gasteiger partial charge in [-0.3, -0.25) is 4.79 Å². The lowest BCUT2D eigenvalue weighted by Gasteiger charge is -2.11. The van der Waals surface area contributed by atoms with Gasteiger partial charge in [-0.25, -0.2) is 4.39 Å². The lowest BCUT2D eigenvalue weighted by molar-refractivity contribution is -0.142. The number of ether oxygens (including phenoxy) is 2. The Balaban J connectivity index is 0.00000158. The Morgan fingerprint density at radius 3 is 2.53 bits per heavy atom. The highest BCUT2D eigenvalue weighted by molar-refractivity contribution is 5.86. The third-order valence-electron chi connectivity index (χ3n) is 5.26. The molecular formula is C28H30FNO4. The van der Waals surface area contributed by atoms with E-state index in [9.17, 15) is 9.18 Å². The van der Waals surface area contributed by atoms with Gasteiger partial charge in [-0.05, 0) is 24.6 Å². The van der Waals surface area contributed by atoms with Crippen molar-refractivity contribution in [3.8, 4) is 16.9 Å². The van der Waals surface area contributed by atoms with Crippen molar-refractivity contribution >= 4 is 16.9 Å². The first-order valence-electron chi connectivity index (χ1n) is 11.4. The normalized spacial score (nSPS) is 10.5. The van der Waals surface area contributed by atoms with Crippen LogP contribution in [0.3, 0.4) is 0 Å². The third-order valence-corrected chi connectivity index (χ3v) is 5.26. The number of hydrogen-bond acceptors (Lipinski definition) is 5. The summed E-state index contributed by atoms with van der Waals surface area (Å²) >= 11 is 0. The van der Waals surface area contributed by atoms with E-state index in [1.165, 1.54) is 0 Å². The summed E-state index contributed by atoms with van der Waals surface area (Å²) < 4.78 is 31.4. The number of esters is 1. The Kier molecular flexibility index (Phi) is 8.82. The second-order valence-corrected chi connectivity index (χ2v) is 7.33. The lowest BCUT2D eigenvalue weighted by Crippen LogP contribution is -2.09. The predicted octanol–water partition coefficient (Wildman–Crippen LogP) is 6.41. The van der Waals surface area contributed by atoms with Crippen LogP contribution in [0.5, 0.6) is 5.75 Å². The molecule has 0 saturated heterocycles. The fourth-order valence-corrected chi connectivity index (χ4v) is 3.64. The van der Waals surface area contributed by atoms with Crippen LogP contribution in [-0.2, 0) is 29.1 Å². The first-order valence-corrected chi connectivity index (χ1v) is 11.4. The van der Waals surface area contributed by atoms with Gasteiger partial charge in [-0.2, -0.15) is 0 Å². The van der Waals surface area contributed by atoms with Crippen molar-refractivity contribution in [2.45, 2.75) is 40.3 Å². The van der Waals surface area contributed by atoms with Crippen LogP contribution in [0.1, 0.15) is 37.5 Å². The van der Waals surface area contributed by atoms with E-state index >= 15 is 0 Å². The second kappa shape index (κ2) is 12.0. The number of carbonyl (C=O) groups is 1. The number of para-hydroxylation sites is 1. The summed E-state index contributed by atoms with van der Waals surface area (Å²) in [4.78, 5) is 11.9. The van der Waals surface area contributed by atoms with E-state index in [-0.39, 0.29) is 31.4 Å². The molecule has 5 nitrogen and oxygen atoms in total. The molecule has 0 amide bonds. The molecule has 0 saturated carbocycles. The summed E-state index contributed by atoms with van der Waals surface area (Å²) in [5.74, 6) is 0.00522. The largest absolute Gasteiger partial charge is 0.488 e. The fraction of sp³-hybridized carbons (Fsp3) is 0.250. The van der Waals surface area contributed by atoms with Gasteiger partial charge in [0.25, 0.3) is 0 Å². The molecule has 6 heteroatoms. The predicted molar refractivity (Wildman–Crippen MR) is 132 cm³/mol. The van der Waals surface area contributed by atoms with Gasteiger partial charge in [-0.15, -0.1) is 0 Å². The van der Waals surface area contributed by atoms with E-state index in [4.69, 9.17) is 19.6 Å². The van der Waals surface area contributed by atoms with Gasteiger partial charge >= 0.3 is 5.97 Å². The van der Waals surface area contributed by atoms with Gasteiger partial charge in [-0.1, -0.05) is 62.4 Å². The molecule has 0 atom stereocenters. The molecule has 0 aliphatic rings. The second-order valence-electron chi connectivity index (χ2n) is 7.33. The SMILES string of the molecule is CC.CCOC(=O)Cc1ccccc1OCc1coc2cc(-c3cccc(CN)c3F)ccc12. The third kappa shape index (κ3) is 5.64. The zero-order chi connectivity index (χ0) is 24.5. The Labute approximate surface area is 199 Å². The highest BCUT2D eigenvalue weighted by Crippen LogP contribution is 2.31. The maximum atomic E-state index is 14.7. The van der Waals surface area contributed by atoms with Crippen molar-refractivity contribution in [3.05, 3.63) is 89.4 Å². The van der Waals surface area contributed by atoms with Crippen LogP contribution in [0.15, 0.2) is 71.3 Å². The quantitative estimate of drug-likeness (QED) is 0.306. The van der Waals surface area contributed by atoms with Crippen LogP contribution in [0.2, 0.25) is 0 Å². The van der Waals surface area contributed by atoms with Gasteiger partial charge < -0.3 is 19.6 Å². The van der Waals surface area contributed by atoms with E-state index in [2.05, 4.69) is 0 Å². The average molecular weight is 464 g/mol. The molecule has 4 aromatic rings. The monoisotopic (exact) mass is 463 g/mol. The minimum absolute atomic E-state index is 0.141. The van der Waals surface area contributed by atoms with Crippen LogP contribution in [0.4, 0.5) is 4.39 Å². The average Bonchev–Trinajstić information content (AvgIpc) is 3.27. The number of hydrogen-bond donors (Lipinski definition) is 1. The molecule has 0 spiro atoms. The van der Waals surface area contributed by atoms with Crippen LogP contribution in [0.25, 0.3) is 22.1 Å². The van der Waals surface area contributed by atoms with Gasteiger partial charge in [0.05, 0.1) is 19.3 Å². The molecule has 0 unspecified atom stereocenters. The van der Waals surface area contributed by atoms with Crippen LogP contribution >= 0.6 is 0 Å².